The Bertz CT molecular complexity index is 714. The van der Waals surface area contributed by atoms with Crippen LogP contribution in [-0.4, -0.2) is 25.7 Å². The summed E-state index contributed by atoms with van der Waals surface area (Å²) >= 11 is 0. The van der Waals surface area contributed by atoms with Crippen molar-refractivity contribution in [1.29, 1.82) is 0 Å². The van der Waals surface area contributed by atoms with Crippen LogP contribution in [0.15, 0.2) is 36.4 Å². The second-order valence-electron chi connectivity index (χ2n) is 5.83. The number of nitrogens with zero attached hydrogens (tertiary/aromatic N) is 1. The largest absolute Gasteiger partial charge is 0.493 e. The smallest absolute Gasteiger partial charge is 0.161 e. The number of para-hydroxylation sites is 1. The second kappa shape index (κ2) is 5.21. The Kier molecular flexibility index (Phi) is 3.19. The highest BCUT2D eigenvalue weighted by Crippen LogP contribution is 2.41. The fraction of sp³-hybridized carbons (Fsp3) is 0.333. The minimum absolute atomic E-state index is 0.207. The van der Waals surface area contributed by atoms with Gasteiger partial charge >= 0.3 is 0 Å². The Morgan fingerprint density at radius 3 is 2.64 bits per heavy atom. The van der Waals surface area contributed by atoms with Gasteiger partial charge in [-0.3, -0.25) is 4.90 Å². The van der Waals surface area contributed by atoms with Crippen LogP contribution in [0.1, 0.15) is 22.9 Å². The van der Waals surface area contributed by atoms with Gasteiger partial charge in [0.25, 0.3) is 0 Å². The minimum atomic E-state index is 0.207. The van der Waals surface area contributed by atoms with Gasteiger partial charge in [0, 0.05) is 18.8 Å². The number of rotatable bonds is 2. The molecule has 0 bridgehead atoms. The van der Waals surface area contributed by atoms with Gasteiger partial charge < -0.3 is 14.8 Å². The molecule has 1 N–H and O–H groups in total. The van der Waals surface area contributed by atoms with Gasteiger partial charge in [0.1, 0.15) is 6.17 Å². The molecule has 4 nitrogen and oxygen atoms in total. The predicted octanol–water partition coefficient (Wildman–Crippen LogP) is 3.19. The van der Waals surface area contributed by atoms with E-state index < -0.39 is 0 Å². The summed E-state index contributed by atoms with van der Waals surface area (Å²) in [7, 11) is 3.38. The van der Waals surface area contributed by atoms with E-state index in [4.69, 9.17) is 9.47 Å². The van der Waals surface area contributed by atoms with Crippen LogP contribution >= 0.6 is 0 Å². The van der Waals surface area contributed by atoms with Crippen LogP contribution in [0, 0.1) is 0 Å². The van der Waals surface area contributed by atoms with Crippen LogP contribution in [-0.2, 0) is 13.0 Å². The Balaban J connectivity index is 1.77. The van der Waals surface area contributed by atoms with Crippen molar-refractivity contribution in [3.05, 3.63) is 53.1 Å². The quantitative estimate of drug-likeness (QED) is 0.923. The number of methoxy groups -OCH3 is 2. The summed E-state index contributed by atoms with van der Waals surface area (Å²) in [6.45, 7) is 2.04. The molecule has 0 saturated carbocycles. The maximum Gasteiger partial charge on any atom is 0.161 e. The molecule has 0 unspecified atom stereocenters. The lowest BCUT2D eigenvalue weighted by Crippen LogP contribution is -2.42. The van der Waals surface area contributed by atoms with Crippen LogP contribution < -0.4 is 14.8 Å². The van der Waals surface area contributed by atoms with Crippen molar-refractivity contribution in [3.8, 4) is 11.5 Å². The predicted molar refractivity (Wildman–Crippen MR) is 86.5 cm³/mol. The van der Waals surface area contributed by atoms with Gasteiger partial charge in [0.05, 0.1) is 14.2 Å². The zero-order chi connectivity index (χ0) is 15.1. The SMILES string of the molecule is COc1cc2c(cc1OC)[C@@H]1Nc3ccccc3CN1CC2. The van der Waals surface area contributed by atoms with Crippen molar-refractivity contribution in [2.24, 2.45) is 0 Å². The average Bonchev–Trinajstić information content (AvgIpc) is 2.58. The third-order valence-electron chi connectivity index (χ3n) is 4.66. The van der Waals surface area contributed by atoms with E-state index in [9.17, 15) is 0 Å². The zero-order valence-corrected chi connectivity index (χ0v) is 12.9. The molecule has 0 amide bonds. The molecular formula is C18H20N2O2. The van der Waals surface area contributed by atoms with Crippen molar-refractivity contribution in [3.63, 3.8) is 0 Å². The third kappa shape index (κ3) is 2.03. The standard InChI is InChI=1S/C18H20N2O2/c1-21-16-9-12-7-8-20-11-13-5-3-4-6-15(13)19-18(20)14(12)10-17(16)22-2/h3-6,9-10,18-19H,7-8,11H2,1-2H3/t18-/m1/s1. The van der Waals surface area contributed by atoms with Gasteiger partial charge in [-0.2, -0.15) is 0 Å². The Morgan fingerprint density at radius 2 is 1.82 bits per heavy atom. The second-order valence-corrected chi connectivity index (χ2v) is 5.83. The number of fused-ring (bicyclic) bond motifs is 4. The maximum absolute atomic E-state index is 5.48. The molecule has 2 aromatic carbocycles. The summed E-state index contributed by atoms with van der Waals surface area (Å²) < 4.78 is 10.9. The zero-order valence-electron chi connectivity index (χ0n) is 12.9. The topological polar surface area (TPSA) is 33.7 Å². The van der Waals surface area contributed by atoms with E-state index in [-0.39, 0.29) is 6.17 Å². The van der Waals surface area contributed by atoms with Crippen LogP contribution in [0.2, 0.25) is 0 Å². The van der Waals surface area contributed by atoms with Crippen LogP contribution in [0.3, 0.4) is 0 Å². The first kappa shape index (κ1) is 13.5. The number of benzene rings is 2. The summed E-state index contributed by atoms with van der Waals surface area (Å²) in [6.07, 6.45) is 1.24. The lowest BCUT2D eigenvalue weighted by Gasteiger charge is -2.42. The lowest BCUT2D eigenvalue weighted by molar-refractivity contribution is 0.186. The summed E-state index contributed by atoms with van der Waals surface area (Å²) in [5.41, 5.74) is 5.22. The van der Waals surface area contributed by atoms with Gasteiger partial charge in [-0.05, 0) is 41.3 Å². The van der Waals surface area contributed by atoms with Crippen molar-refractivity contribution >= 4 is 5.69 Å². The minimum Gasteiger partial charge on any atom is -0.493 e. The molecule has 1 atom stereocenters. The molecule has 0 aliphatic carbocycles. The molecule has 114 valence electrons. The van der Waals surface area contributed by atoms with Gasteiger partial charge in [0.15, 0.2) is 11.5 Å². The lowest BCUT2D eigenvalue weighted by atomic mass is 9.93. The molecule has 0 fully saturated rings. The summed E-state index contributed by atoms with van der Waals surface area (Å²) in [5.74, 6) is 1.61. The summed E-state index contributed by atoms with van der Waals surface area (Å²) in [4.78, 5) is 2.48. The molecule has 2 aromatic rings. The molecule has 0 spiro atoms. The van der Waals surface area contributed by atoms with E-state index in [1.165, 1.54) is 22.4 Å². The monoisotopic (exact) mass is 296 g/mol. The number of nitrogens with one attached hydrogen (secondary N) is 1. The maximum atomic E-state index is 5.48. The first-order valence-corrected chi connectivity index (χ1v) is 7.63. The van der Waals surface area contributed by atoms with Crippen molar-refractivity contribution < 1.29 is 9.47 Å². The van der Waals surface area contributed by atoms with Gasteiger partial charge in [-0.1, -0.05) is 18.2 Å². The highest BCUT2D eigenvalue weighted by Gasteiger charge is 2.32. The van der Waals surface area contributed by atoms with Gasteiger partial charge in [-0.25, -0.2) is 0 Å². The number of anilines is 1. The molecule has 0 aromatic heterocycles. The van der Waals surface area contributed by atoms with Gasteiger partial charge in [-0.15, -0.1) is 0 Å². The molecule has 0 saturated heterocycles. The van der Waals surface area contributed by atoms with E-state index in [0.29, 0.717) is 0 Å². The highest BCUT2D eigenvalue weighted by atomic mass is 16.5. The normalized spacial score (nSPS) is 19.5. The van der Waals surface area contributed by atoms with E-state index in [1.54, 1.807) is 14.2 Å². The Morgan fingerprint density at radius 1 is 1.05 bits per heavy atom. The first-order chi connectivity index (χ1) is 10.8. The van der Waals surface area contributed by atoms with Crippen LogP contribution in [0.5, 0.6) is 11.5 Å². The summed E-state index contributed by atoms with van der Waals surface area (Å²) in [6, 6.07) is 12.8. The van der Waals surface area contributed by atoms with Crippen LogP contribution in [0.4, 0.5) is 5.69 Å². The molecule has 4 heteroatoms. The highest BCUT2D eigenvalue weighted by molar-refractivity contribution is 5.57. The first-order valence-electron chi connectivity index (χ1n) is 7.63. The molecule has 0 radical (unpaired) electrons. The van der Waals surface area contributed by atoms with E-state index in [1.807, 2.05) is 0 Å². The third-order valence-corrected chi connectivity index (χ3v) is 4.66. The fourth-order valence-electron chi connectivity index (χ4n) is 3.50. The van der Waals surface area contributed by atoms with E-state index in [0.717, 1.165) is 31.0 Å². The fourth-order valence-corrected chi connectivity index (χ4v) is 3.50. The Labute approximate surface area is 130 Å². The average molecular weight is 296 g/mol. The van der Waals surface area contributed by atoms with Gasteiger partial charge in [0.2, 0.25) is 0 Å². The van der Waals surface area contributed by atoms with Crippen LogP contribution in [0.25, 0.3) is 0 Å². The molecule has 4 rings (SSSR count). The number of hydrogen-bond acceptors (Lipinski definition) is 4. The molecule has 2 aliphatic rings. The molecule has 2 aliphatic heterocycles. The molecule has 2 heterocycles. The number of hydrogen-bond donors (Lipinski definition) is 1. The van der Waals surface area contributed by atoms with Crippen molar-refractivity contribution in [2.75, 3.05) is 26.1 Å². The van der Waals surface area contributed by atoms with Crippen molar-refractivity contribution in [1.82, 2.24) is 4.90 Å². The van der Waals surface area contributed by atoms with Crippen molar-refractivity contribution in [2.45, 2.75) is 19.1 Å². The van der Waals surface area contributed by atoms with E-state index >= 15 is 0 Å². The summed E-state index contributed by atoms with van der Waals surface area (Å²) in [5, 5.41) is 3.67. The molecule has 22 heavy (non-hydrogen) atoms. The van der Waals surface area contributed by atoms with E-state index in [2.05, 4.69) is 46.6 Å². The Hall–Kier alpha value is -2.20. The molecular weight excluding hydrogens is 276 g/mol. The number of ether oxygens (including phenoxy) is 2.